The van der Waals surface area contributed by atoms with Gasteiger partial charge in [0.1, 0.15) is 0 Å². The summed E-state index contributed by atoms with van der Waals surface area (Å²) in [5, 5.41) is 9.30. The molecule has 29 heavy (non-hydrogen) atoms. The van der Waals surface area contributed by atoms with E-state index >= 15 is 0 Å². The Morgan fingerprint density at radius 1 is 1.07 bits per heavy atom. The first-order chi connectivity index (χ1) is 13.7. The van der Waals surface area contributed by atoms with Gasteiger partial charge >= 0.3 is 0 Å². The standard InChI is InChI=1S/C23H32N2O3S/c1-18-5-4-15-25(18)16-14-19-6-8-20(9-7-19)21-10-12-22(13-11-21)29(27,28)24-23(2,3)17-26/h6-13,18,24,26H,4-5,14-17H2,1-3H3. The zero-order chi connectivity index (χ0) is 21.1. The van der Waals surface area contributed by atoms with E-state index in [0.29, 0.717) is 6.04 Å². The molecule has 3 rings (SSSR count). The van der Waals surface area contributed by atoms with Gasteiger partial charge in [-0.05, 0) is 75.4 Å². The molecule has 6 heteroatoms. The van der Waals surface area contributed by atoms with Crippen LogP contribution in [0.15, 0.2) is 53.4 Å². The normalized spacial score (nSPS) is 18.3. The molecule has 1 aliphatic heterocycles. The third-order valence-corrected chi connectivity index (χ3v) is 7.35. The van der Waals surface area contributed by atoms with Crippen molar-refractivity contribution in [1.82, 2.24) is 9.62 Å². The predicted molar refractivity (Wildman–Crippen MR) is 117 cm³/mol. The van der Waals surface area contributed by atoms with E-state index in [9.17, 15) is 13.5 Å². The Morgan fingerprint density at radius 2 is 1.66 bits per heavy atom. The molecule has 2 aromatic rings. The van der Waals surface area contributed by atoms with Crippen LogP contribution in [0.4, 0.5) is 0 Å². The highest BCUT2D eigenvalue weighted by atomic mass is 32.2. The van der Waals surface area contributed by atoms with E-state index in [2.05, 4.69) is 40.8 Å². The smallest absolute Gasteiger partial charge is 0.241 e. The maximum Gasteiger partial charge on any atom is 0.241 e. The van der Waals surface area contributed by atoms with Gasteiger partial charge in [0, 0.05) is 12.6 Å². The lowest BCUT2D eigenvalue weighted by Crippen LogP contribution is -2.46. The van der Waals surface area contributed by atoms with Crippen LogP contribution >= 0.6 is 0 Å². The van der Waals surface area contributed by atoms with Gasteiger partial charge in [-0.15, -0.1) is 0 Å². The van der Waals surface area contributed by atoms with Crippen molar-refractivity contribution in [3.05, 3.63) is 54.1 Å². The summed E-state index contributed by atoms with van der Waals surface area (Å²) in [5.74, 6) is 0. The Balaban J connectivity index is 1.65. The highest BCUT2D eigenvalue weighted by Crippen LogP contribution is 2.23. The van der Waals surface area contributed by atoms with Gasteiger partial charge in [0.05, 0.1) is 17.0 Å². The Kier molecular flexibility index (Phi) is 6.79. The van der Waals surface area contributed by atoms with Crippen molar-refractivity contribution in [1.29, 1.82) is 0 Å². The second kappa shape index (κ2) is 8.96. The molecular formula is C23H32N2O3S. The molecule has 1 unspecified atom stereocenters. The molecule has 0 radical (unpaired) electrons. The summed E-state index contributed by atoms with van der Waals surface area (Å²) in [6.45, 7) is 7.63. The van der Waals surface area contributed by atoms with E-state index in [1.807, 2.05) is 12.1 Å². The van der Waals surface area contributed by atoms with Crippen molar-refractivity contribution in [3.8, 4) is 11.1 Å². The summed E-state index contributed by atoms with van der Waals surface area (Å²) in [6, 6.07) is 16.1. The third kappa shape index (κ3) is 5.66. The van der Waals surface area contributed by atoms with Gasteiger partial charge in [-0.2, -0.15) is 0 Å². The fourth-order valence-electron chi connectivity index (χ4n) is 3.74. The van der Waals surface area contributed by atoms with Gasteiger partial charge in [-0.25, -0.2) is 13.1 Å². The van der Waals surface area contributed by atoms with Crippen molar-refractivity contribution in [2.75, 3.05) is 19.7 Å². The number of sulfonamides is 1. The summed E-state index contributed by atoms with van der Waals surface area (Å²) < 4.78 is 27.5. The number of rotatable bonds is 8. The number of aliphatic hydroxyl groups excluding tert-OH is 1. The van der Waals surface area contributed by atoms with E-state index < -0.39 is 15.6 Å². The van der Waals surface area contributed by atoms with E-state index in [4.69, 9.17) is 0 Å². The number of hydrogen-bond acceptors (Lipinski definition) is 4. The first-order valence-corrected chi connectivity index (χ1v) is 11.8. The maximum atomic E-state index is 12.5. The van der Waals surface area contributed by atoms with Crippen LogP contribution in [0.25, 0.3) is 11.1 Å². The van der Waals surface area contributed by atoms with Crippen LogP contribution in [0.5, 0.6) is 0 Å². The van der Waals surface area contributed by atoms with E-state index in [0.717, 1.165) is 24.1 Å². The van der Waals surface area contributed by atoms with Crippen LogP contribution in [0, 0.1) is 0 Å². The molecule has 0 spiro atoms. The minimum Gasteiger partial charge on any atom is -0.394 e. The summed E-state index contributed by atoms with van der Waals surface area (Å²) in [4.78, 5) is 2.75. The predicted octanol–water partition coefficient (Wildman–Crippen LogP) is 3.43. The Bertz CT molecular complexity index is 906. The first-order valence-electron chi connectivity index (χ1n) is 10.3. The Morgan fingerprint density at radius 3 is 2.17 bits per heavy atom. The molecule has 0 bridgehead atoms. The lowest BCUT2D eigenvalue weighted by atomic mass is 10.0. The first kappa shape index (κ1) is 22.0. The molecule has 0 aromatic heterocycles. The molecule has 0 aliphatic carbocycles. The minimum absolute atomic E-state index is 0.194. The fraction of sp³-hybridized carbons (Fsp3) is 0.478. The molecule has 0 amide bonds. The van der Waals surface area contributed by atoms with Gasteiger partial charge in [0.25, 0.3) is 0 Å². The SMILES string of the molecule is CC1CCCN1CCc1ccc(-c2ccc(S(=O)(=O)NC(C)(C)CO)cc2)cc1. The largest absolute Gasteiger partial charge is 0.394 e. The van der Waals surface area contributed by atoms with E-state index in [1.54, 1.807) is 26.0 Å². The van der Waals surface area contributed by atoms with Crippen molar-refractivity contribution < 1.29 is 13.5 Å². The quantitative estimate of drug-likeness (QED) is 0.692. The van der Waals surface area contributed by atoms with Crippen LogP contribution < -0.4 is 4.72 Å². The third-order valence-electron chi connectivity index (χ3n) is 5.64. The van der Waals surface area contributed by atoms with Crippen LogP contribution in [0.3, 0.4) is 0 Å². The molecule has 1 fully saturated rings. The van der Waals surface area contributed by atoms with Crippen LogP contribution in [0.2, 0.25) is 0 Å². The summed E-state index contributed by atoms with van der Waals surface area (Å²) in [5.41, 5.74) is 2.46. The molecule has 5 nitrogen and oxygen atoms in total. The van der Waals surface area contributed by atoms with Crippen LogP contribution in [-0.2, 0) is 16.4 Å². The zero-order valence-corrected chi connectivity index (χ0v) is 18.4. The monoisotopic (exact) mass is 416 g/mol. The second-order valence-electron chi connectivity index (χ2n) is 8.65. The number of hydrogen-bond donors (Lipinski definition) is 2. The molecule has 2 aromatic carbocycles. The van der Waals surface area contributed by atoms with Crippen molar-refractivity contribution >= 4 is 10.0 Å². The average Bonchev–Trinajstić information content (AvgIpc) is 3.11. The highest BCUT2D eigenvalue weighted by Gasteiger charge is 2.25. The van der Waals surface area contributed by atoms with Crippen molar-refractivity contribution in [3.63, 3.8) is 0 Å². The Labute approximate surface area is 174 Å². The number of aliphatic hydroxyl groups is 1. The van der Waals surface area contributed by atoms with Gasteiger partial charge in [-0.3, -0.25) is 0 Å². The number of nitrogens with one attached hydrogen (secondary N) is 1. The molecule has 158 valence electrons. The second-order valence-corrected chi connectivity index (χ2v) is 10.3. The summed E-state index contributed by atoms with van der Waals surface area (Å²) in [7, 11) is -3.67. The van der Waals surface area contributed by atoms with E-state index in [-0.39, 0.29) is 11.5 Å². The lowest BCUT2D eigenvalue weighted by molar-refractivity contribution is 0.208. The number of likely N-dealkylation sites (tertiary alicyclic amines) is 1. The molecule has 1 saturated heterocycles. The van der Waals surface area contributed by atoms with Gasteiger partial charge < -0.3 is 10.0 Å². The summed E-state index contributed by atoms with van der Waals surface area (Å²) >= 11 is 0. The highest BCUT2D eigenvalue weighted by molar-refractivity contribution is 7.89. The fourth-order valence-corrected chi connectivity index (χ4v) is 5.15. The molecule has 1 atom stereocenters. The lowest BCUT2D eigenvalue weighted by Gasteiger charge is -2.23. The minimum atomic E-state index is -3.67. The zero-order valence-electron chi connectivity index (χ0n) is 17.6. The Hall–Kier alpha value is -1.73. The molecule has 2 N–H and O–H groups in total. The maximum absolute atomic E-state index is 12.5. The molecule has 1 aliphatic rings. The number of nitrogens with zero attached hydrogens (tertiary/aromatic N) is 1. The van der Waals surface area contributed by atoms with Crippen LogP contribution in [0.1, 0.15) is 39.2 Å². The van der Waals surface area contributed by atoms with Crippen molar-refractivity contribution in [2.24, 2.45) is 0 Å². The van der Waals surface area contributed by atoms with Crippen molar-refractivity contribution in [2.45, 2.75) is 56.5 Å². The molecule has 0 saturated carbocycles. The van der Waals surface area contributed by atoms with Crippen LogP contribution in [-0.4, -0.2) is 49.7 Å². The topological polar surface area (TPSA) is 69.6 Å². The molecule has 1 heterocycles. The van der Waals surface area contributed by atoms with Gasteiger partial charge in [-0.1, -0.05) is 36.4 Å². The average molecular weight is 417 g/mol. The molecular weight excluding hydrogens is 384 g/mol. The number of benzene rings is 2. The van der Waals surface area contributed by atoms with Gasteiger partial charge in [0.15, 0.2) is 0 Å². The van der Waals surface area contributed by atoms with Gasteiger partial charge in [0.2, 0.25) is 10.0 Å². The summed E-state index contributed by atoms with van der Waals surface area (Å²) in [6.07, 6.45) is 3.66. The van der Waals surface area contributed by atoms with E-state index in [1.165, 1.54) is 24.9 Å².